The van der Waals surface area contributed by atoms with Crippen LogP contribution in [0, 0.1) is 5.41 Å². The second kappa shape index (κ2) is 21.2. The van der Waals surface area contributed by atoms with Crippen LogP contribution in [0.4, 0.5) is 5.82 Å². The monoisotopic (exact) mass is 912 g/mol. The summed E-state index contributed by atoms with van der Waals surface area (Å²) in [5.74, 6) is -1.44. The molecule has 1 saturated heterocycles. The first-order valence-corrected chi connectivity index (χ1v) is 23.2. The maximum atomic E-state index is 12.7. The van der Waals surface area contributed by atoms with Crippen molar-refractivity contribution in [2.75, 3.05) is 44.3 Å². The standard InChI is InChI=1S/C26H43N8O18P3S2/c1-26(2,21(39)24(40)30-6-4-16(36)29-7-8-56-57-17(37)9-14(35)3-5-27)11-49-55(46,47)52-54(44,45)48-10-15-20(51-53(41,42)43)19(38)25(50-15)34-13-33-18-22(28)31-12-32-23(18)34/h12-13,15,19-21,25,38-39H,3-11,27H2,1-2H3,(H,29,36)(H,30,40)(H,44,45)(H,46,47)(H2,28,31,32)(H2,41,42,43)/t15-,19-,20-,21+,25-/m1/s1. The minimum atomic E-state index is -5.58. The maximum Gasteiger partial charge on any atom is 0.481 e. The normalized spacial score (nSPS) is 21.4. The smallest absolute Gasteiger partial charge is 0.386 e. The number of aromatic nitrogens is 4. The SMILES string of the molecule is CC(C)(COP(=O)(O)OP(=O)(O)OC[C@H]1O[C@@H](n2cnc3c(N)ncnc32)[C@H](O)[C@@H]1OP(=O)(O)O)[C@@H](O)C(=O)NCCC(=O)NCCSSC(=O)CC(=O)CCN. The lowest BCUT2D eigenvalue weighted by Gasteiger charge is -2.30. The van der Waals surface area contributed by atoms with Crippen molar-refractivity contribution in [2.45, 2.75) is 63.8 Å². The van der Waals surface area contributed by atoms with Crippen molar-refractivity contribution in [3.05, 3.63) is 12.7 Å². The molecule has 1 fully saturated rings. The van der Waals surface area contributed by atoms with Gasteiger partial charge in [0.25, 0.3) is 0 Å². The number of nitrogens with one attached hydrogen (secondary N) is 2. The van der Waals surface area contributed by atoms with Crippen molar-refractivity contribution in [1.29, 1.82) is 0 Å². The van der Waals surface area contributed by atoms with Crippen LogP contribution in [-0.4, -0.2) is 135 Å². The summed E-state index contributed by atoms with van der Waals surface area (Å²) >= 11 is 0. The number of ether oxygens (including phenoxy) is 1. The fraction of sp³-hybridized carbons (Fsp3) is 0.654. The Morgan fingerprint density at radius 2 is 1.72 bits per heavy atom. The number of imidazole rings is 1. The van der Waals surface area contributed by atoms with E-state index in [0.29, 0.717) is 5.75 Å². The van der Waals surface area contributed by atoms with Gasteiger partial charge in [0.15, 0.2) is 17.7 Å². The van der Waals surface area contributed by atoms with Gasteiger partial charge in [0, 0.05) is 37.1 Å². The minimum Gasteiger partial charge on any atom is -0.386 e. The third-order valence-electron chi connectivity index (χ3n) is 7.50. The van der Waals surface area contributed by atoms with Gasteiger partial charge in [-0.2, -0.15) is 4.31 Å². The van der Waals surface area contributed by atoms with E-state index in [1.165, 1.54) is 13.8 Å². The molecule has 12 N–H and O–H groups in total. The summed E-state index contributed by atoms with van der Waals surface area (Å²) in [5.41, 5.74) is 9.49. The second-order valence-corrected chi connectivity index (χ2v) is 19.3. The highest BCUT2D eigenvalue weighted by molar-refractivity contribution is 8.82. The number of phosphoric ester groups is 3. The Morgan fingerprint density at radius 1 is 1.04 bits per heavy atom. The lowest BCUT2D eigenvalue weighted by Crippen LogP contribution is -2.46. The number of Topliss-reactive ketones (excluding diaryl/α,β-unsaturated/α-hetero) is 1. The number of rotatable bonds is 24. The Labute approximate surface area is 331 Å². The number of hydrogen-bond acceptors (Lipinski definition) is 21. The van der Waals surface area contributed by atoms with Crippen molar-refractivity contribution in [1.82, 2.24) is 30.2 Å². The number of nitrogens with two attached hydrogens (primary N) is 2. The molecule has 3 rings (SSSR count). The Morgan fingerprint density at radius 3 is 2.39 bits per heavy atom. The Balaban J connectivity index is 1.46. The van der Waals surface area contributed by atoms with Gasteiger partial charge in [-0.1, -0.05) is 24.6 Å². The van der Waals surface area contributed by atoms with Crippen LogP contribution < -0.4 is 22.1 Å². The van der Waals surface area contributed by atoms with E-state index in [9.17, 15) is 62.7 Å². The first kappa shape index (κ1) is 48.9. The summed E-state index contributed by atoms with van der Waals surface area (Å²) < 4.78 is 62.0. The highest BCUT2D eigenvalue weighted by Crippen LogP contribution is 2.61. The molecular weight excluding hydrogens is 869 g/mol. The van der Waals surface area contributed by atoms with Crippen LogP contribution in [0.15, 0.2) is 12.7 Å². The molecule has 31 heteroatoms. The van der Waals surface area contributed by atoms with Crippen LogP contribution in [0.25, 0.3) is 11.2 Å². The number of anilines is 1. The van der Waals surface area contributed by atoms with Crippen LogP contribution >= 0.6 is 45.1 Å². The average molecular weight is 913 g/mol. The topological polar surface area (TPSA) is 407 Å². The molecule has 1 aliphatic rings. The molecule has 0 saturated carbocycles. The van der Waals surface area contributed by atoms with Gasteiger partial charge >= 0.3 is 23.5 Å². The molecule has 3 heterocycles. The predicted molar refractivity (Wildman–Crippen MR) is 198 cm³/mol. The van der Waals surface area contributed by atoms with Gasteiger partial charge in [0.1, 0.15) is 42.0 Å². The molecule has 26 nitrogen and oxygen atoms in total. The third-order valence-corrected chi connectivity index (χ3v) is 12.8. The number of carbonyl (C=O) groups is 4. The third kappa shape index (κ3) is 15.6. The van der Waals surface area contributed by atoms with Gasteiger partial charge < -0.3 is 56.6 Å². The van der Waals surface area contributed by atoms with Crippen LogP contribution in [-0.2, 0) is 55.5 Å². The van der Waals surface area contributed by atoms with Crippen LogP contribution in [0.2, 0.25) is 0 Å². The Kier molecular flexibility index (Phi) is 18.2. The number of phosphoric acid groups is 3. The molecule has 2 aromatic rings. The zero-order valence-corrected chi connectivity index (χ0v) is 34.4. The second-order valence-electron chi connectivity index (χ2n) is 12.6. The summed E-state index contributed by atoms with van der Waals surface area (Å²) in [6.07, 6.45) is -7.14. The summed E-state index contributed by atoms with van der Waals surface area (Å²) in [5, 5.41) is 26.0. The van der Waals surface area contributed by atoms with Crippen molar-refractivity contribution >= 4 is 84.8 Å². The number of amides is 2. The van der Waals surface area contributed by atoms with E-state index in [1.807, 2.05) is 0 Å². The number of nitrogen functional groups attached to an aromatic ring is 1. The number of hydrogen-bond donors (Lipinski definition) is 10. The van der Waals surface area contributed by atoms with E-state index in [4.69, 9.17) is 25.3 Å². The molecule has 0 aliphatic carbocycles. The number of ketones is 1. The van der Waals surface area contributed by atoms with Crippen LogP contribution in [0.5, 0.6) is 0 Å². The summed E-state index contributed by atoms with van der Waals surface area (Å²) in [7, 11) is -14.4. The van der Waals surface area contributed by atoms with E-state index >= 15 is 0 Å². The Bertz CT molecular complexity index is 1890. The van der Waals surface area contributed by atoms with Crippen LogP contribution in [0.1, 0.15) is 39.3 Å². The molecule has 2 amide bonds. The van der Waals surface area contributed by atoms with Crippen LogP contribution in [0.3, 0.4) is 0 Å². The summed E-state index contributed by atoms with van der Waals surface area (Å²) in [6, 6.07) is 0. The molecule has 2 aromatic heterocycles. The fourth-order valence-electron chi connectivity index (χ4n) is 4.72. The number of fused-ring (bicyclic) bond motifs is 1. The maximum absolute atomic E-state index is 12.7. The molecule has 2 unspecified atom stereocenters. The quantitative estimate of drug-likeness (QED) is 0.0251. The predicted octanol–water partition coefficient (Wildman–Crippen LogP) is -1.38. The van der Waals surface area contributed by atoms with Gasteiger partial charge in [-0.3, -0.25) is 37.3 Å². The van der Waals surface area contributed by atoms with Crippen molar-refractivity contribution in [3.8, 4) is 0 Å². The van der Waals surface area contributed by atoms with Crippen molar-refractivity contribution < 1.29 is 85.3 Å². The molecule has 1 aliphatic heterocycles. The molecular formula is C26H43N8O18P3S2. The van der Waals surface area contributed by atoms with Crippen molar-refractivity contribution in [2.24, 2.45) is 11.1 Å². The largest absolute Gasteiger partial charge is 0.481 e. The molecule has 7 atom stereocenters. The summed E-state index contributed by atoms with van der Waals surface area (Å²) in [6.45, 7) is 0.531. The minimum absolute atomic E-state index is 0.0231. The molecule has 57 heavy (non-hydrogen) atoms. The van der Waals surface area contributed by atoms with E-state index in [0.717, 1.165) is 38.8 Å². The van der Waals surface area contributed by atoms with Gasteiger partial charge in [-0.25, -0.2) is 28.6 Å². The molecule has 0 radical (unpaired) electrons. The number of carbonyl (C=O) groups excluding carboxylic acids is 4. The van der Waals surface area contributed by atoms with Gasteiger partial charge in [0.05, 0.1) is 26.0 Å². The van der Waals surface area contributed by atoms with E-state index in [2.05, 4.69) is 34.4 Å². The lowest BCUT2D eigenvalue weighted by atomic mass is 9.87. The first-order valence-electron chi connectivity index (χ1n) is 16.4. The van der Waals surface area contributed by atoms with E-state index in [1.54, 1.807) is 0 Å². The summed E-state index contributed by atoms with van der Waals surface area (Å²) in [4.78, 5) is 98.7. The highest BCUT2D eigenvalue weighted by Gasteiger charge is 2.50. The van der Waals surface area contributed by atoms with E-state index in [-0.39, 0.29) is 66.8 Å². The average Bonchev–Trinajstić information content (AvgIpc) is 3.66. The lowest BCUT2D eigenvalue weighted by molar-refractivity contribution is -0.137. The number of nitrogens with zero attached hydrogens (tertiary/aromatic N) is 4. The van der Waals surface area contributed by atoms with Crippen molar-refractivity contribution in [3.63, 3.8) is 0 Å². The molecule has 0 aromatic carbocycles. The van der Waals surface area contributed by atoms with Gasteiger partial charge in [-0.05, 0) is 17.3 Å². The Hall–Kier alpha value is -2.46. The fourth-order valence-corrected chi connectivity index (χ4v) is 9.24. The first-order chi connectivity index (χ1) is 26.4. The number of aliphatic hydroxyl groups is 2. The van der Waals surface area contributed by atoms with Gasteiger partial charge in [-0.15, -0.1) is 0 Å². The zero-order valence-electron chi connectivity index (χ0n) is 30.1. The van der Waals surface area contributed by atoms with Gasteiger partial charge in [0.2, 0.25) is 16.9 Å². The zero-order chi connectivity index (χ0) is 42.8. The highest BCUT2D eigenvalue weighted by atomic mass is 33.1. The molecule has 0 bridgehead atoms. The van der Waals surface area contributed by atoms with E-state index < -0.39 is 84.6 Å². The number of aliphatic hydroxyl groups excluding tert-OH is 2. The molecule has 322 valence electrons. The molecule has 0 spiro atoms.